The minimum atomic E-state index is -0.396. The van der Waals surface area contributed by atoms with Crippen LogP contribution in [0.3, 0.4) is 0 Å². The zero-order valence-electron chi connectivity index (χ0n) is 11.6. The van der Waals surface area contributed by atoms with E-state index in [1.165, 1.54) is 27.4 Å². The highest BCUT2D eigenvalue weighted by Crippen LogP contribution is 2.38. The SMILES string of the molecule is COc1cc(C=CC(=O)C#CCO)cc(OC)c1OC. The van der Waals surface area contributed by atoms with Gasteiger partial charge in [-0.25, -0.2) is 0 Å². The number of ketones is 1. The summed E-state index contributed by atoms with van der Waals surface area (Å²) in [6, 6.07) is 3.43. The molecule has 0 saturated carbocycles. The zero-order valence-corrected chi connectivity index (χ0v) is 11.6. The van der Waals surface area contributed by atoms with Crippen LogP contribution in [0.1, 0.15) is 5.56 Å². The van der Waals surface area contributed by atoms with Gasteiger partial charge in [0.2, 0.25) is 11.5 Å². The fourth-order valence-corrected chi connectivity index (χ4v) is 1.54. The van der Waals surface area contributed by atoms with Crippen LogP contribution < -0.4 is 14.2 Å². The molecule has 20 heavy (non-hydrogen) atoms. The molecule has 5 nitrogen and oxygen atoms in total. The van der Waals surface area contributed by atoms with Crippen molar-refractivity contribution in [3.63, 3.8) is 0 Å². The van der Waals surface area contributed by atoms with E-state index in [0.29, 0.717) is 22.8 Å². The average Bonchev–Trinajstić information content (AvgIpc) is 2.49. The van der Waals surface area contributed by atoms with Crippen molar-refractivity contribution < 1.29 is 24.1 Å². The van der Waals surface area contributed by atoms with Gasteiger partial charge in [0.1, 0.15) is 6.61 Å². The number of ether oxygens (including phenoxy) is 3. The molecule has 1 N–H and O–H groups in total. The predicted octanol–water partition coefficient (Wildman–Crippen LogP) is 1.29. The van der Waals surface area contributed by atoms with Gasteiger partial charge in [-0.2, -0.15) is 0 Å². The lowest BCUT2D eigenvalue weighted by molar-refractivity contribution is -0.109. The van der Waals surface area contributed by atoms with Gasteiger partial charge in [-0.15, -0.1) is 0 Å². The quantitative estimate of drug-likeness (QED) is 0.499. The minimum Gasteiger partial charge on any atom is -0.493 e. The van der Waals surface area contributed by atoms with Gasteiger partial charge in [-0.3, -0.25) is 4.79 Å². The number of rotatable bonds is 5. The lowest BCUT2D eigenvalue weighted by Gasteiger charge is -2.12. The van der Waals surface area contributed by atoms with Crippen LogP contribution in [-0.2, 0) is 4.79 Å². The summed E-state index contributed by atoms with van der Waals surface area (Å²) in [4.78, 5) is 11.3. The van der Waals surface area contributed by atoms with E-state index in [1.54, 1.807) is 18.2 Å². The highest BCUT2D eigenvalue weighted by Gasteiger charge is 2.11. The molecule has 0 spiro atoms. The van der Waals surface area contributed by atoms with Gasteiger partial charge >= 0.3 is 0 Å². The van der Waals surface area contributed by atoms with Crippen LogP contribution in [0.4, 0.5) is 0 Å². The zero-order chi connectivity index (χ0) is 15.0. The number of aliphatic hydroxyl groups is 1. The first-order valence-electron chi connectivity index (χ1n) is 5.78. The minimum absolute atomic E-state index is 0.343. The van der Waals surface area contributed by atoms with E-state index in [9.17, 15) is 4.79 Å². The first-order chi connectivity index (χ1) is 9.65. The van der Waals surface area contributed by atoms with Gasteiger partial charge in [0.25, 0.3) is 0 Å². The smallest absolute Gasteiger partial charge is 0.228 e. The molecule has 0 aliphatic carbocycles. The van der Waals surface area contributed by atoms with E-state index in [-0.39, 0.29) is 6.61 Å². The highest BCUT2D eigenvalue weighted by molar-refractivity contribution is 6.06. The molecular weight excluding hydrogens is 260 g/mol. The number of aliphatic hydroxyl groups excluding tert-OH is 1. The first-order valence-corrected chi connectivity index (χ1v) is 5.78. The van der Waals surface area contributed by atoms with Crippen LogP contribution in [0, 0.1) is 11.8 Å². The Balaban J connectivity index is 3.08. The summed E-state index contributed by atoms with van der Waals surface area (Å²) in [5.74, 6) is 5.64. The van der Waals surface area contributed by atoms with Crippen LogP contribution in [-0.4, -0.2) is 38.8 Å². The summed E-state index contributed by atoms with van der Waals surface area (Å²) >= 11 is 0. The molecule has 0 aromatic heterocycles. The molecule has 0 atom stereocenters. The second kappa shape index (κ2) is 7.87. The molecule has 0 aliphatic rings. The van der Waals surface area contributed by atoms with E-state index in [1.807, 2.05) is 0 Å². The Bertz CT molecular complexity index is 538. The summed E-state index contributed by atoms with van der Waals surface area (Å²) in [6.45, 7) is -0.343. The van der Waals surface area contributed by atoms with Gasteiger partial charge in [-0.1, -0.05) is 12.0 Å². The summed E-state index contributed by atoms with van der Waals surface area (Å²) < 4.78 is 15.6. The van der Waals surface area contributed by atoms with Crippen molar-refractivity contribution in [2.75, 3.05) is 27.9 Å². The number of hydrogen-bond donors (Lipinski definition) is 1. The van der Waals surface area contributed by atoms with Crippen LogP contribution in [0.15, 0.2) is 18.2 Å². The van der Waals surface area contributed by atoms with Crippen LogP contribution >= 0.6 is 0 Å². The van der Waals surface area contributed by atoms with Gasteiger partial charge in [0.05, 0.1) is 21.3 Å². The lowest BCUT2D eigenvalue weighted by atomic mass is 10.1. The van der Waals surface area contributed by atoms with E-state index < -0.39 is 5.78 Å². The van der Waals surface area contributed by atoms with Gasteiger partial charge < -0.3 is 19.3 Å². The molecule has 0 radical (unpaired) electrons. The number of carbonyl (C=O) groups excluding carboxylic acids is 1. The molecule has 1 aromatic rings. The third-order valence-electron chi connectivity index (χ3n) is 2.40. The van der Waals surface area contributed by atoms with Crippen LogP contribution in [0.2, 0.25) is 0 Å². The molecule has 0 amide bonds. The van der Waals surface area contributed by atoms with Crippen molar-refractivity contribution >= 4 is 11.9 Å². The molecule has 0 heterocycles. The Morgan fingerprint density at radius 1 is 1.20 bits per heavy atom. The molecule has 1 aromatic carbocycles. The topological polar surface area (TPSA) is 65.0 Å². The standard InChI is InChI=1S/C15H16O5/c1-18-13-9-11(6-7-12(17)5-4-8-16)10-14(19-2)15(13)20-3/h6-7,9-10,16H,8H2,1-3H3. The van der Waals surface area contributed by atoms with E-state index in [4.69, 9.17) is 19.3 Å². The molecule has 0 aliphatic heterocycles. The normalized spacial score (nSPS) is 9.80. The van der Waals surface area contributed by atoms with Gasteiger partial charge in [0.15, 0.2) is 11.5 Å². The van der Waals surface area contributed by atoms with Crippen molar-refractivity contribution in [1.82, 2.24) is 0 Å². The number of benzene rings is 1. The number of methoxy groups -OCH3 is 3. The van der Waals surface area contributed by atoms with Crippen molar-refractivity contribution in [3.8, 4) is 29.1 Å². The molecule has 0 bridgehead atoms. The second-order valence-corrected chi connectivity index (χ2v) is 3.62. The van der Waals surface area contributed by atoms with E-state index in [0.717, 1.165) is 0 Å². The fourth-order valence-electron chi connectivity index (χ4n) is 1.54. The maximum Gasteiger partial charge on any atom is 0.228 e. The van der Waals surface area contributed by atoms with Gasteiger partial charge in [0, 0.05) is 0 Å². The summed E-state index contributed by atoms with van der Waals surface area (Å²) in [5, 5.41) is 8.50. The van der Waals surface area contributed by atoms with Gasteiger partial charge in [-0.05, 0) is 29.7 Å². The first kappa shape index (κ1) is 15.6. The highest BCUT2D eigenvalue weighted by atomic mass is 16.5. The Hall–Kier alpha value is -2.45. The Morgan fingerprint density at radius 2 is 1.80 bits per heavy atom. The third-order valence-corrected chi connectivity index (χ3v) is 2.40. The largest absolute Gasteiger partial charge is 0.493 e. The number of carbonyl (C=O) groups is 1. The summed E-state index contributed by atoms with van der Waals surface area (Å²) in [5.41, 5.74) is 0.707. The van der Waals surface area contributed by atoms with Crippen molar-refractivity contribution in [2.45, 2.75) is 0 Å². The second-order valence-electron chi connectivity index (χ2n) is 3.62. The van der Waals surface area contributed by atoms with E-state index >= 15 is 0 Å². The fraction of sp³-hybridized carbons (Fsp3) is 0.267. The Morgan fingerprint density at radius 3 is 2.25 bits per heavy atom. The number of allylic oxidation sites excluding steroid dienone is 1. The summed E-state index contributed by atoms with van der Waals surface area (Å²) in [6.07, 6.45) is 2.89. The maximum absolute atomic E-state index is 11.3. The monoisotopic (exact) mass is 276 g/mol. The maximum atomic E-state index is 11.3. The van der Waals surface area contributed by atoms with Crippen molar-refractivity contribution in [1.29, 1.82) is 0 Å². The van der Waals surface area contributed by atoms with E-state index in [2.05, 4.69) is 11.8 Å². The van der Waals surface area contributed by atoms with Crippen LogP contribution in [0.25, 0.3) is 6.08 Å². The molecular formula is C15H16O5. The third kappa shape index (κ3) is 4.04. The molecule has 0 fully saturated rings. The van der Waals surface area contributed by atoms with Crippen molar-refractivity contribution in [3.05, 3.63) is 23.8 Å². The average molecular weight is 276 g/mol. The molecule has 1 rings (SSSR count). The van der Waals surface area contributed by atoms with Crippen LogP contribution in [0.5, 0.6) is 17.2 Å². The number of hydrogen-bond acceptors (Lipinski definition) is 5. The Kier molecular flexibility index (Phi) is 6.14. The molecule has 0 saturated heterocycles. The van der Waals surface area contributed by atoms with Crippen molar-refractivity contribution in [2.24, 2.45) is 0 Å². The molecule has 106 valence electrons. The lowest BCUT2D eigenvalue weighted by Crippen LogP contribution is -1.95. The molecule has 0 unspecified atom stereocenters. The summed E-state index contributed by atoms with van der Waals surface area (Å²) in [7, 11) is 4.55. The predicted molar refractivity (Wildman–Crippen MR) is 75.0 cm³/mol. The Labute approximate surface area is 117 Å². The molecule has 5 heteroatoms.